The molecule has 0 aromatic carbocycles. The smallest absolute Gasteiger partial charge is 0.549 e. The summed E-state index contributed by atoms with van der Waals surface area (Å²) in [5.41, 5.74) is 13.7. The van der Waals surface area contributed by atoms with Gasteiger partial charge in [-0.2, -0.15) is 0 Å². The van der Waals surface area contributed by atoms with Crippen molar-refractivity contribution in [3.05, 3.63) is 0 Å². The molecule has 0 saturated carbocycles. The Morgan fingerprint density at radius 1 is 0.875 bits per heavy atom. The van der Waals surface area contributed by atoms with Crippen molar-refractivity contribution in [3.8, 4) is 0 Å². The zero-order chi connectivity index (χ0) is 12.9. The van der Waals surface area contributed by atoms with Gasteiger partial charge in [-0.25, -0.2) is 0 Å². The third-order valence-electron chi connectivity index (χ3n) is 0.516. The summed E-state index contributed by atoms with van der Waals surface area (Å²) < 4.78 is 0. The molecule has 10 heteroatoms. The maximum atomic E-state index is 9.24. The van der Waals surface area contributed by atoms with Crippen LogP contribution in [-0.2, 0) is 31.5 Å². The van der Waals surface area contributed by atoms with Crippen LogP contribution in [0, 0.1) is 0 Å². The Morgan fingerprint density at radius 3 is 1.00 bits per heavy atom. The first kappa shape index (κ1) is 24.2. The molecule has 0 radical (unpaired) electrons. The molecule has 0 aromatic rings. The summed E-state index contributed by atoms with van der Waals surface area (Å²) in [4.78, 5) is 27.6. The molecule has 0 amide bonds. The standard InChI is InChI=1S/3C2H5NO2.Cu/c3*3-1-2(4)5;/h3*1,3H2,(H,4,5);/q;;;+1/p-1. The predicted octanol–water partition coefficient (Wildman–Crippen LogP) is -4.25. The van der Waals surface area contributed by atoms with E-state index in [1.807, 2.05) is 0 Å². The normalized spacial score (nSPS) is 6.94. The summed E-state index contributed by atoms with van der Waals surface area (Å²) in [6.45, 7) is -0.944. The molecule has 0 aromatic heterocycles. The van der Waals surface area contributed by atoms with E-state index in [-0.39, 0.29) is 36.7 Å². The van der Waals surface area contributed by atoms with Gasteiger partial charge in [-0.15, -0.1) is 0 Å². The van der Waals surface area contributed by atoms with Crippen LogP contribution in [0.2, 0.25) is 0 Å². The van der Waals surface area contributed by atoms with Gasteiger partial charge in [0.15, 0.2) is 0 Å². The molecular weight excluding hydrogens is 274 g/mol. The van der Waals surface area contributed by atoms with E-state index in [1.54, 1.807) is 0 Å². The maximum Gasteiger partial charge on any atom is 1.00 e. The van der Waals surface area contributed by atoms with E-state index in [0.717, 1.165) is 0 Å². The Morgan fingerprint density at radius 2 is 1.00 bits per heavy atom. The fourth-order valence-electron chi connectivity index (χ4n) is 0. The fraction of sp³-hybridized carbons (Fsp3) is 0.500. The number of hydrogen-bond acceptors (Lipinski definition) is 7. The summed E-state index contributed by atoms with van der Waals surface area (Å²) in [7, 11) is 0. The molecule has 100 valence electrons. The van der Waals surface area contributed by atoms with Gasteiger partial charge in [0.1, 0.15) is 0 Å². The molecule has 0 spiro atoms. The molecule has 8 N–H and O–H groups in total. The van der Waals surface area contributed by atoms with Gasteiger partial charge in [0.05, 0.1) is 19.1 Å². The van der Waals surface area contributed by atoms with Crippen LogP contribution in [0.25, 0.3) is 0 Å². The van der Waals surface area contributed by atoms with E-state index in [0.29, 0.717) is 0 Å². The summed E-state index contributed by atoms with van der Waals surface area (Å²) in [5.74, 6) is -3.15. The third-order valence-corrected chi connectivity index (χ3v) is 0.516. The van der Waals surface area contributed by atoms with Crippen LogP contribution in [0.1, 0.15) is 0 Å². The Kier molecular flexibility index (Phi) is 29.3. The van der Waals surface area contributed by atoms with E-state index < -0.39 is 17.9 Å². The first-order chi connectivity index (χ1) is 6.81. The van der Waals surface area contributed by atoms with Crippen LogP contribution in [0.4, 0.5) is 0 Å². The Balaban J connectivity index is -0.0000000655. The Bertz CT molecular complexity index is 167. The topological polar surface area (TPSA) is 193 Å². The second-order valence-corrected chi connectivity index (χ2v) is 1.77. The van der Waals surface area contributed by atoms with Gasteiger partial charge in [0.2, 0.25) is 0 Å². The first-order valence-corrected chi connectivity index (χ1v) is 3.55. The quantitative estimate of drug-likeness (QED) is 0.319. The molecule has 0 aliphatic carbocycles. The molecule has 0 aliphatic heterocycles. The van der Waals surface area contributed by atoms with E-state index in [9.17, 15) is 9.59 Å². The first-order valence-electron chi connectivity index (χ1n) is 3.55. The van der Waals surface area contributed by atoms with Crippen molar-refractivity contribution in [2.45, 2.75) is 0 Å². The second kappa shape index (κ2) is 19.4. The fourth-order valence-corrected chi connectivity index (χ4v) is 0. The van der Waals surface area contributed by atoms with Crippen LogP contribution in [0.3, 0.4) is 0 Å². The molecule has 0 aliphatic rings. The van der Waals surface area contributed by atoms with Crippen molar-refractivity contribution in [2.75, 3.05) is 19.6 Å². The average Bonchev–Trinajstić information content (AvgIpc) is 2.19. The number of aliphatic carboxylic acids is 3. The van der Waals surface area contributed by atoms with Gasteiger partial charge in [0, 0.05) is 6.54 Å². The van der Waals surface area contributed by atoms with Gasteiger partial charge >= 0.3 is 29.0 Å². The van der Waals surface area contributed by atoms with E-state index in [4.69, 9.17) is 20.1 Å². The molecule has 9 nitrogen and oxygen atoms in total. The number of nitrogens with two attached hydrogens (primary N) is 3. The number of carbonyl (C=O) groups is 3. The van der Waals surface area contributed by atoms with Crippen LogP contribution in [0.5, 0.6) is 0 Å². The minimum Gasteiger partial charge on any atom is -0.549 e. The van der Waals surface area contributed by atoms with E-state index >= 15 is 0 Å². The van der Waals surface area contributed by atoms with Crippen molar-refractivity contribution in [1.82, 2.24) is 0 Å². The van der Waals surface area contributed by atoms with Crippen LogP contribution in [-0.4, -0.2) is 47.8 Å². The van der Waals surface area contributed by atoms with Crippen LogP contribution >= 0.6 is 0 Å². The zero-order valence-electron chi connectivity index (χ0n) is 8.18. The van der Waals surface area contributed by atoms with Gasteiger partial charge in [-0.3, -0.25) is 9.59 Å². The average molecular weight is 288 g/mol. The van der Waals surface area contributed by atoms with Gasteiger partial charge < -0.3 is 37.3 Å². The largest absolute Gasteiger partial charge is 1.00 e. The van der Waals surface area contributed by atoms with Crippen molar-refractivity contribution >= 4 is 17.9 Å². The minimum absolute atomic E-state index is 0. The Hall–Kier alpha value is -1.19. The number of carboxylic acid groups (broad SMARTS) is 3. The summed E-state index contributed by atoms with van der Waals surface area (Å²) in [5, 5.41) is 24.3. The number of hydrogen-bond donors (Lipinski definition) is 5. The van der Waals surface area contributed by atoms with Crippen LogP contribution < -0.4 is 22.3 Å². The summed E-state index contributed by atoms with van der Waals surface area (Å²) in [6.07, 6.45) is 0. The number of carbonyl (C=O) groups excluding carboxylic acids is 1. The van der Waals surface area contributed by atoms with E-state index in [1.165, 1.54) is 0 Å². The molecular formula is C6H14CuN3O6. The third kappa shape index (κ3) is 77.2. The summed E-state index contributed by atoms with van der Waals surface area (Å²) >= 11 is 0. The SMILES string of the molecule is NCC(=O)O.NCC(=O)O.NCC(=O)[O-].[Cu+]. The van der Waals surface area contributed by atoms with Crippen LogP contribution in [0.15, 0.2) is 0 Å². The minimum atomic E-state index is -1.22. The van der Waals surface area contributed by atoms with Crippen molar-refractivity contribution in [2.24, 2.45) is 17.2 Å². The summed E-state index contributed by atoms with van der Waals surface area (Å²) in [6, 6.07) is 0. The monoisotopic (exact) mass is 287 g/mol. The van der Waals surface area contributed by atoms with Crippen molar-refractivity contribution < 1.29 is 46.8 Å². The maximum absolute atomic E-state index is 9.24. The van der Waals surface area contributed by atoms with Gasteiger partial charge in [-0.1, -0.05) is 0 Å². The molecule has 0 unspecified atom stereocenters. The predicted molar refractivity (Wildman–Crippen MR) is 47.4 cm³/mol. The molecule has 0 heterocycles. The van der Waals surface area contributed by atoms with Gasteiger partial charge in [0.25, 0.3) is 0 Å². The second-order valence-electron chi connectivity index (χ2n) is 1.77. The van der Waals surface area contributed by atoms with Crippen molar-refractivity contribution in [1.29, 1.82) is 0 Å². The molecule has 0 atom stereocenters. The number of rotatable bonds is 3. The Labute approximate surface area is 102 Å². The molecule has 0 rings (SSSR count). The van der Waals surface area contributed by atoms with Gasteiger partial charge in [-0.05, 0) is 0 Å². The zero-order valence-corrected chi connectivity index (χ0v) is 9.12. The van der Waals surface area contributed by atoms with Crippen molar-refractivity contribution in [3.63, 3.8) is 0 Å². The molecule has 0 fully saturated rings. The van der Waals surface area contributed by atoms with E-state index in [2.05, 4.69) is 17.2 Å². The molecule has 16 heavy (non-hydrogen) atoms. The molecule has 0 saturated heterocycles. The number of carboxylic acids is 3. The molecule has 0 bridgehead atoms.